The van der Waals surface area contributed by atoms with Gasteiger partial charge in [0.2, 0.25) is 0 Å². The minimum Gasteiger partial charge on any atom is -0.369 e. The number of hydrogen-bond donors (Lipinski definition) is 0. The lowest BCUT2D eigenvalue weighted by atomic mass is 9.86. The summed E-state index contributed by atoms with van der Waals surface area (Å²) < 4.78 is 0. The van der Waals surface area contributed by atoms with Gasteiger partial charge in [-0.1, -0.05) is 56.6 Å². The van der Waals surface area contributed by atoms with E-state index in [4.69, 9.17) is 11.6 Å². The number of benzene rings is 2. The van der Waals surface area contributed by atoms with Crippen LogP contribution in [0, 0.1) is 0 Å². The minimum atomic E-state index is 0.206. The Bertz CT molecular complexity index is 991. The van der Waals surface area contributed by atoms with Crippen LogP contribution in [0.2, 0.25) is 5.15 Å². The number of piperazine rings is 1. The number of anilines is 1. The fourth-order valence-corrected chi connectivity index (χ4v) is 4.36. The molecule has 0 N–H and O–H groups in total. The Labute approximate surface area is 179 Å². The highest BCUT2D eigenvalue weighted by molar-refractivity contribution is 6.34. The fraction of sp³-hybridized carbons (Fsp3) is 0.400. The maximum absolute atomic E-state index is 6.22. The molecule has 3 aromatic rings. The lowest BCUT2D eigenvalue weighted by Gasteiger charge is -2.41. The summed E-state index contributed by atoms with van der Waals surface area (Å²) in [5.41, 5.74) is 4.26. The smallest absolute Gasteiger partial charge is 0.136 e. The highest BCUT2D eigenvalue weighted by Gasteiger charge is 2.24. The van der Waals surface area contributed by atoms with Crippen molar-refractivity contribution in [3.8, 4) is 0 Å². The van der Waals surface area contributed by atoms with Gasteiger partial charge in [0, 0.05) is 49.5 Å². The van der Waals surface area contributed by atoms with E-state index in [1.165, 1.54) is 16.8 Å². The topological polar surface area (TPSA) is 19.4 Å². The predicted octanol–water partition coefficient (Wildman–Crippen LogP) is 5.90. The highest BCUT2D eigenvalue weighted by atomic mass is 35.5. The summed E-state index contributed by atoms with van der Waals surface area (Å²) in [6.07, 6.45) is 1.78. The van der Waals surface area contributed by atoms with Crippen LogP contribution in [0.25, 0.3) is 10.8 Å². The largest absolute Gasteiger partial charge is 0.369 e. The first kappa shape index (κ1) is 20.2. The molecule has 152 valence electrons. The monoisotopic (exact) mass is 407 g/mol. The summed E-state index contributed by atoms with van der Waals surface area (Å²) in [5.74, 6) is 0. The Balaban J connectivity index is 1.43. The number of aromatic nitrogens is 1. The van der Waals surface area contributed by atoms with Crippen LogP contribution < -0.4 is 4.90 Å². The zero-order chi connectivity index (χ0) is 20.6. The van der Waals surface area contributed by atoms with Crippen LogP contribution >= 0.6 is 11.6 Å². The second-order valence-electron chi connectivity index (χ2n) is 9.22. The Hall–Kier alpha value is -2.10. The molecule has 2 heterocycles. The van der Waals surface area contributed by atoms with E-state index in [1.54, 1.807) is 6.20 Å². The molecule has 1 atom stereocenters. The molecular formula is C25H30ClN3. The minimum absolute atomic E-state index is 0.206. The highest BCUT2D eigenvalue weighted by Crippen LogP contribution is 2.28. The van der Waals surface area contributed by atoms with Crippen LogP contribution in [0.3, 0.4) is 0 Å². The van der Waals surface area contributed by atoms with E-state index in [0.29, 0.717) is 11.2 Å². The van der Waals surface area contributed by atoms with Crippen LogP contribution in [0.5, 0.6) is 0 Å². The molecule has 29 heavy (non-hydrogen) atoms. The Morgan fingerprint density at radius 1 is 1.03 bits per heavy atom. The van der Waals surface area contributed by atoms with Crippen molar-refractivity contribution >= 4 is 28.1 Å². The third-order valence-corrected chi connectivity index (χ3v) is 6.34. The van der Waals surface area contributed by atoms with Crippen molar-refractivity contribution in [1.82, 2.24) is 9.88 Å². The van der Waals surface area contributed by atoms with E-state index >= 15 is 0 Å². The van der Waals surface area contributed by atoms with Gasteiger partial charge in [0.1, 0.15) is 5.15 Å². The molecule has 0 aliphatic carbocycles. The van der Waals surface area contributed by atoms with Gasteiger partial charge in [0.15, 0.2) is 0 Å². The van der Waals surface area contributed by atoms with Gasteiger partial charge >= 0.3 is 0 Å². The number of pyridine rings is 1. The summed E-state index contributed by atoms with van der Waals surface area (Å²) in [6.45, 7) is 13.3. The normalized spacial score (nSPS) is 18.4. The summed E-state index contributed by atoms with van der Waals surface area (Å²) in [5, 5.41) is 2.74. The van der Waals surface area contributed by atoms with Crippen molar-refractivity contribution in [2.24, 2.45) is 0 Å². The molecule has 0 radical (unpaired) electrons. The summed E-state index contributed by atoms with van der Waals surface area (Å²) in [6, 6.07) is 18.2. The van der Waals surface area contributed by atoms with Gasteiger partial charge in [0.05, 0.1) is 0 Å². The Morgan fingerprint density at radius 3 is 2.48 bits per heavy atom. The maximum Gasteiger partial charge on any atom is 0.136 e. The number of fused-ring (bicyclic) bond motifs is 1. The van der Waals surface area contributed by atoms with E-state index in [9.17, 15) is 0 Å². The molecule has 0 bridgehead atoms. The van der Waals surface area contributed by atoms with Crippen molar-refractivity contribution in [1.29, 1.82) is 0 Å². The van der Waals surface area contributed by atoms with Crippen molar-refractivity contribution in [3.63, 3.8) is 0 Å². The second-order valence-corrected chi connectivity index (χ2v) is 9.58. The average Bonchev–Trinajstić information content (AvgIpc) is 2.69. The lowest BCUT2D eigenvalue weighted by molar-refractivity contribution is 0.181. The molecular weight excluding hydrogens is 378 g/mol. The van der Waals surface area contributed by atoms with E-state index in [-0.39, 0.29) is 5.41 Å². The molecule has 4 heteroatoms. The predicted molar refractivity (Wildman–Crippen MR) is 124 cm³/mol. The number of rotatable bonds is 3. The molecule has 2 aromatic carbocycles. The van der Waals surface area contributed by atoms with Crippen LogP contribution in [0.1, 0.15) is 38.8 Å². The maximum atomic E-state index is 6.22. The summed E-state index contributed by atoms with van der Waals surface area (Å²) >= 11 is 6.22. The van der Waals surface area contributed by atoms with Gasteiger partial charge in [0.25, 0.3) is 0 Å². The van der Waals surface area contributed by atoms with Crippen molar-refractivity contribution in [2.45, 2.75) is 45.7 Å². The standard InChI is InChI=1S/C25H30ClN3/c1-18-16-29(22-9-10-23-20(15-22)11-12-27-24(23)26)14-13-28(18)17-19-5-7-21(8-6-19)25(2,3)4/h5-12,15,18H,13-14,16-17H2,1-4H3/t18-/m1/s1. The molecule has 0 amide bonds. The lowest BCUT2D eigenvalue weighted by Crippen LogP contribution is -2.51. The average molecular weight is 408 g/mol. The van der Waals surface area contributed by atoms with Crippen LogP contribution in [0.4, 0.5) is 5.69 Å². The van der Waals surface area contributed by atoms with Gasteiger partial charge in [-0.25, -0.2) is 4.98 Å². The zero-order valence-corrected chi connectivity index (χ0v) is 18.6. The molecule has 0 unspecified atom stereocenters. The summed E-state index contributed by atoms with van der Waals surface area (Å²) in [4.78, 5) is 9.25. The SMILES string of the molecule is C[C@@H]1CN(c2ccc3c(Cl)nccc3c2)CCN1Cc1ccc(C(C)(C)C)cc1. The van der Waals surface area contributed by atoms with Crippen LogP contribution in [-0.2, 0) is 12.0 Å². The van der Waals surface area contributed by atoms with Crippen LogP contribution in [0.15, 0.2) is 54.7 Å². The van der Waals surface area contributed by atoms with Gasteiger partial charge in [-0.15, -0.1) is 0 Å². The van der Waals surface area contributed by atoms with Gasteiger partial charge in [-0.05, 0) is 53.1 Å². The zero-order valence-electron chi connectivity index (χ0n) is 17.8. The molecule has 1 aliphatic heterocycles. The van der Waals surface area contributed by atoms with Gasteiger partial charge in [-0.2, -0.15) is 0 Å². The second kappa shape index (κ2) is 7.97. The summed E-state index contributed by atoms with van der Waals surface area (Å²) in [7, 11) is 0. The van der Waals surface area contributed by atoms with Gasteiger partial charge < -0.3 is 4.90 Å². The molecule has 1 saturated heterocycles. The number of halogens is 1. The van der Waals surface area contributed by atoms with E-state index in [0.717, 1.165) is 37.0 Å². The van der Waals surface area contributed by atoms with Crippen molar-refractivity contribution in [2.75, 3.05) is 24.5 Å². The van der Waals surface area contributed by atoms with Crippen molar-refractivity contribution < 1.29 is 0 Å². The molecule has 0 spiro atoms. The third-order valence-electron chi connectivity index (χ3n) is 6.04. The number of hydrogen-bond acceptors (Lipinski definition) is 3. The molecule has 1 aliphatic rings. The van der Waals surface area contributed by atoms with E-state index in [2.05, 4.69) is 84.9 Å². The van der Waals surface area contributed by atoms with E-state index in [1.807, 2.05) is 6.07 Å². The molecule has 1 aromatic heterocycles. The van der Waals surface area contributed by atoms with Crippen molar-refractivity contribution in [3.05, 3.63) is 71.0 Å². The fourth-order valence-electron chi connectivity index (χ4n) is 4.13. The third kappa shape index (κ3) is 4.41. The Kier molecular flexibility index (Phi) is 5.54. The quantitative estimate of drug-likeness (QED) is 0.504. The van der Waals surface area contributed by atoms with E-state index < -0.39 is 0 Å². The first-order valence-electron chi connectivity index (χ1n) is 10.4. The van der Waals surface area contributed by atoms with Crippen LogP contribution in [-0.4, -0.2) is 35.6 Å². The molecule has 1 fully saturated rings. The first-order valence-corrected chi connectivity index (χ1v) is 10.8. The van der Waals surface area contributed by atoms with Gasteiger partial charge in [-0.3, -0.25) is 4.90 Å². The Morgan fingerprint density at radius 2 is 1.79 bits per heavy atom. The molecule has 4 rings (SSSR count). The first-order chi connectivity index (χ1) is 13.8. The molecule has 0 saturated carbocycles. The number of nitrogens with zero attached hydrogens (tertiary/aromatic N) is 3. The molecule has 3 nitrogen and oxygen atoms in total.